The van der Waals surface area contributed by atoms with Crippen LogP contribution in [-0.4, -0.2) is 17.8 Å². The van der Waals surface area contributed by atoms with E-state index in [-0.39, 0.29) is 12.6 Å². The average Bonchev–Trinajstić information content (AvgIpc) is 1.98. The van der Waals surface area contributed by atoms with Gasteiger partial charge < -0.3 is 10.8 Å². The summed E-state index contributed by atoms with van der Waals surface area (Å²) in [6, 6.07) is -0.0403. The predicted octanol–water partition coefficient (Wildman–Crippen LogP) is 1.05. The average molecular weight is 143 g/mol. The Morgan fingerprint density at radius 3 is 2.70 bits per heavy atom. The molecular weight excluding hydrogens is 126 g/mol. The van der Waals surface area contributed by atoms with E-state index in [1.165, 1.54) is 0 Å². The van der Waals surface area contributed by atoms with Gasteiger partial charge in [0.2, 0.25) is 0 Å². The van der Waals surface area contributed by atoms with Crippen molar-refractivity contribution in [2.75, 3.05) is 6.61 Å². The van der Waals surface area contributed by atoms with Gasteiger partial charge in [0.1, 0.15) is 0 Å². The van der Waals surface area contributed by atoms with E-state index in [9.17, 15) is 0 Å². The molecule has 0 fully saturated rings. The summed E-state index contributed by atoms with van der Waals surface area (Å²) in [5.41, 5.74) is 5.47. The van der Waals surface area contributed by atoms with Gasteiger partial charge in [-0.3, -0.25) is 0 Å². The fraction of sp³-hybridized carbons (Fsp3) is 0.750. The van der Waals surface area contributed by atoms with Crippen LogP contribution in [0.2, 0.25) is 0 Å². The first-order valence-corrected chi connectivity index (χ1v) is 3.82. The topological polar surface area (TPSA) is 46.2 Å². The van der Waals surface area contributed by atoms with E-state index in [4.69, 9.17) is 10.8 Å². The van der Waals surface area contributed by atoms with Crippen LogP contribution in [0.1, 0.15) is 26.2 Å². The highest BCUT2D eigenvalue weighted by Gasteiger charge is 1.95. The summed E-state index contributed by atoms with van der Waals surface area (Å²) in [5, 5.41) is 8.54. The van der Waals surface area contributed by atoms with E-state index in [1.54, 1.807) is 0 Å². The first-order chi connectivity index (χ1) is 4.81. The summed E-state index contributed by atoms with van der Waals surface area (Å²) in [7, 11) is 0. The number of rotatable bonds is 5. The molecule has 2 nitrogen and oxygen atoms in total. The minimum Gasteiger partial charge on any atom is -0.395 e. The van der Waals surface area contributed by atoms with E-state index < -0.39 is 0 Å². The van der Waals surface area contributed by atoms with Gasteiger partial charge in [0.25, 0.3) is 0 Å². The highest BCUT2D eigenvalue weighted by molar-refractivity contribution is 4.81. The van der Waals surface area contributed by atoms with E-state index in [1.807, 2.05) is 0 Å². The fourth-order valence-electron chi connectivity index (χ4n) is 0.686. The number of nitrogens with two attached hydrogens (primary N) is 1. The molecule has 1 unspecified atom stereocenters. The third-order valence-electron chi connectivity index (χ3n) is 1.34. The second-order valence-electron chi connectivity index (χ2n) is 2.40. The van der Waals surface area contributed by atoms with E-state index >= 15 is 0 Å². The van der Waals surface area contributed by atoms with Crippen molar-refractivity contribution >= 4 is 0 Å². The Balaban J connectivity index is 3.10. The van der Waals surface area contributed by atoms with Crippen molar-refractivity contribution < 1.29 is 5.11 Å². The van der Waals surface area contributed by atoms with Crippen LogP contribution in [0.5, 0.6) is 0 Å². The molecule has 3 N–H and O–H groups in total. The monoisotopic (exact) mass is 143 g/mol. The minimum atomic E-state index is -0.0403. The summed E-state index contributed by atoms with van der Waals surface area (Å²) in [6.45, 7) is 2.20. The van der Waals surface area contributed by atoms with Gasteiger partial charge in [-0.1, -0.05) is 19.1 Å². The van der Waals surface area contributed by atoms with Crippen LogP contribution >= 0.6 is 0 Å². The molecule has 0 heterocycles. The van der Waals surface area contributed by atoms with Crippen LogP contribution in [0.4, 0.5) is 0 Å². The van der Waals surface area contributed by atoms with Gasteiger partial charge in [0.15, 0.2) is 0 Å². The smallest absolute Gasteiger partial charge is 0.0582 e. The molecule has 2 heteroatoms. The molecule has 0 spiro atoms. The molecule has 0 aromatic carbocycles. The normalized spacial score (nSPS) is 14.3. The predicted molar refractivity (Wildman–Crippen MR) is 43.7 cm³/mol. The maximum Gasteiger partial charge on any atom is 0.0582 e. The number of allylic oxidation sites excluding steroid dienone is 2. The summed E-state index contributed by atoms with van der Waals surface area (Å²) in [6.07, 6.45) is 7.16. The Hall–Kier alpha value is -0.340. The van der Waals surface area contributed by atoms with Crippen LogP contribution < -0.4 is 5.73 Å². The Bertz CT molecular complexity index is 91.3. The maximum absolute atomic E-state index is 8.54. The highest BCUT2D eigenvalue weighted by atomic mass is 16.3. The van der Waals surface area contributed by atoms with Crippen LogP contribution in [-0.2, 0) is 0 Å². The lowest BCUT2D eigenvalue weighted by Crippen LogP contribution is -2.23. The van der Waals surface area contributed by atoms with Crippen molar-refractivity contribution in [2.45, 2.75) is 32.2 Å². The second-order valence-corrected chi connectivity index (χ2v) is 2.40. The van der Waals surface area contributed by atoms with Gasteiger partial charge in [-0.05, 0) is 19.3 Å². The number of hydrogen-bond acceptors (Lipinski definition) is 2. The molecule has 0 saturated heterocycles. The van der Waals surface area contributed by atoms with Gasteiger partial charge in [-0.25, -0.2) is 0 Å². The van der Waals surface area contributed by atoms with Crippen molar-refractivity contribution in [3.63, 3.8) is 0 Å². The Morgan fingerprint density at radius 2 is 2.20 bits per heavy atom. The number of aliphatic hydroxyl groups is 1. The van der Waals surface area contributed by atoms with Crippen LogP contribution in [0.3, 0.4) is 0 Å². The van der Waals surface area contributed by atoms with Crippen molar-refractivity contribution in [3.8, 4) is 0 Å². The molecule has 10 heavy (non-hydrogen) atoms. The summed E-state index contributed by atoms with van der Waals surface area (Å²) < 4.78 is 0. The van der Waals surface area contributed by atoms with Crippen LogP contribution in [0.15, 0.2) is 12.2 Å². The lowest BCUT2D eigenvalue weighted by Gasteiger charge is -2.03. The Morgan fingerprint density at radius 1 is 1.50 bits per heavy atom. The van der Waals surface area contributed by atoms with Gasteiger partial charge in [-0.2, -0.15) is 0 Å². The zero-order chi connectivity index (χ0) is 7.82. The molecule has 0 bridgehead atoms. The summed E-state index contributed by atoms with van der Waals surface area (Å²) in [4.78, 5) is 0. The molecule has 0 aromatic heterocycles. The van der Waals surface area contributed by atoms with Crippen molar-refractivity contribution in [1.82, 2.24) is 0 Å². The van der Waals surface area contributed by atoms with E-state index in [2.05, 4.69) is 19.1 Å². The van der Waals surface area contributed by atoms with Crippen molar-refractivity contribution in [1.29, 1.82) is 0 Å². The van der Waals surface area contributed by atoms with Crippen molar-refractivity contribution in [3.05, 3.63) is 12.2 Å². The third kappa shape index (κ3) is 5.79. The van der Waals surface area contributed by atoms with Gasteiger partial charge in [0, 0.05) is 6.04 Å². The third-order valence-corrected chi connectivity index (χ3v) is 1.34. The quantitative estimate of drug-likeness (QED) is 0.565. The Kier molecular flexibility index (Phi) is 6.55. The second kappa shape index (κ2) is 6.78. The highest BCUT2D eigenvalue weighted by Crippen LogP contribution is 1.95. The van der Waals surface area contributed by atoms with Gasteiger partial charge in [0.05, 0.1) is 6.61 Å². The standard InChI is InChI=1S/C8H17NO/c1-2-3-4-5-6-8(9)7-10/h3-4,8,10H,2,5-7,9H2,1H3/b4-3-. The molecule has 0 aromatic rings. The largest absolute Gasteiger partial charge is 0.395 e. The van der Waals surface area contributed by atoms with Crippen molar-refractivity contribution in [2.24, 2.45) is 5.73 Å². The summed E-state index contributed by atoms with van der Waals surface area (Å²) in [5.74, 6) is 0. The van der Waals surface area contributed by atoms with Crippen LogP contribution in [0.25, 0.3) is 0 Å². The minimum absolute atomic E-state index is 0.0403. The lowest BCUT2D eigenvalue weighted by molar-refractivity contribution is 0.260. The molecule has 0 rings (SSSR count). The molecule has 60 valence electrons. The maximum atomic E-state index is 8.54. The molecule has 0 aliphatic rings. The summed E-state index contributed by atoms with van der Waals surface area (Å²) >= 11 is 0. The first-order valence-electron chi connectivity index (χ1n) is 3.82. The number of aliphatic hydroxyl groups excluding tert-OH is 1. The first kappa shape index (κ1) is 9.66. The van der Waals surface area contributed by atoms with E-state index in [0.717, 1.165) is 19.3 Å². The molecular formula is C8H17NO. The molecule has 0 saturated carbocycles. The SMILES string of the molecule is CC/C=C\CCC(N)CO. The Labute approximate surface area is 62.7 Å². The molecule has 0 aliphatic heterocycles. The van der Waals surface area contributed by atoms with E-state index in [0.29, 0.717) is 0 Å². The fourth-order valence-corrected chi connectivity index (χ4v) is 0.686. The molecule has 0 radical (unpaired) electrons. The number of hydrogen-bond donors (Lipinski definition) is 2. The van der Waals surface area contributed by atoms with Crippen LogP contribution in [0, 0.1) is 0 Å². The van der Waals surface area contributed by atoms with Gasteiger partial charge >= 0.3 is 0 Å². The molecule has 0 aliphatic carbocycles. The lowest BCUT2D eigenvalue weighted by atomic mass is 10.2. The molecule has 0 amide bonds. The zero-order valence-corrected chi connectivity index (χ0v) is 6.59. The zero-order valence-electron chi connectivity index (χ0n) is 6.59. The van der Waals surface area contributed by atoms with Gasteiger partial charge in [-0.15, -0.1) is 0 Å². The molecule has 1 atom stereocenters.